The van der Waals surface area contributed by atoms with Gasteiger partial charge in [-0.2, -0.15) is 11.3 Å². The van der Waals surface area contributed by atoms with Gasteiger partial charge in [0.15, 0.2) is 0 Å². The molecule has 1 aliphatic rings. The lowest BCUT2D eigenvalue weighted by Gasteiger charge is -2.40. The summed E-state index contributed by atoms with van der Waals surface area (Å²) < 4.78 is 5.48. The zero-order valence-electron chi connectivity index (χ0n) is 15.1. The molecule has 0 N–H and O–H groups in total. The number of amides is 1. The van der Waals surface area contributed by atoms with Gasteiger partial charge in [-0.1, -0.05) is 0 Å². The summed E-state index contributed by atoms with van der Waals surface area (Å²) in [6.07, 6.45) is 1.36. The number of carbonyl (C=O) groups excluding carboxylic acids is 1. The number of piperazine rings is 1. The smallest absolute Gasteiger partial charge is 0.410 e. The fourth-order valence-electron chi connectivity index (χ4n) is 2.86. The Morgan fingerprint density at radius 1 is 1.32 bits per heavy atom. The predicted octanol–water partition coefficient (Wildman–Crippen LogP) is 3.65. The fraction of sp³-hybridized carbons (Fsp3) is 0.500. The Kier molecular flexibility index (Phi) is 4.94. The number of ether oxygens (including phenoxy) is 1. The summed E-state index contributed by atoms with van der Waals surface area (Å²) in [6, 6.07) is 4.23. The maximum Gasteiger partial charge on any atom is 0.410 e. The van der Waals surface area contributed by atoms with Gasteiger partial charge in [0.2, 0.25) is 0 Å². The first-order valence-electron chi connectivity index (χ1n) is 8.43. The second-order valence-corrected chi connectivity index (χ2v) is 8.02. The summed E-state index contributed by atoms with van der Waals surface area (Å²) in [5.41, 5.74) is 1.56. The van der Waals surface area contributed by atoms with Crippen molar-refractivity contribution in [2.24, 2.45) is 0 Å². The van der Waals surface area contributed by atoms with Crippen molar-refractivity contribution in [1.82, 2.24) is 14.9 Å². The van der Waals surface area contributed by atoms with Crippen LogP contribution in [0.5, 0.6) is 0 Å². The first-order chi connectivity index (χ1) is 11.8. The van der Waals surface area contributed by atoms with Gasteiger partial charge in [0, 0.05) is 42.7 Å². The number of carbonyl (C=O) groups is 1. The molecule has 0 aromatic carbocycles. The van der Waals surface area contributed by atoms with Crippen LogP contribution in [0.25, 0.3) is 11.3 Å². The highest BCUT2D eigenvalue weighted by atomic mass is 32.1. The Balaban J connectivity index is 1.70. The van der Waals surface area contributed by atoms with Gasteiger partial charge in [0.05, 0.1) is 5.69 Å². The van der Waals surface area contributed by atoms with E-state index in [4.69, 9.17) is 4.74 Å². The number of aromatic nitrogens is 2. The van der Waals surface area contributed by atoms with Crippen molar-refractivity contribution in [2.75, 3.05) is 24.5 Å². The molecular weight excluding hydrogens is 336 g/mol. The van der Waals surface area contributed by atoms with E-state index >= 15 is 0 Å². The normalized spacial score (nSPS) is 18.3. The van der Waals surface area contributed by atoms with Crippen LogP contribution in [-0.4, -0.2) is 52.2 Å². The molecule has 7 heteroatoms. The van der Waals surface area contributed by atoms with Crippen LogP contribution in [0.15, 0.2) is 29.2 Å². The minimum Gasteiger partial charge on any atom is -0.444 e. The van der Waals surface area contributed by atoms with E-state index in [1.54, 1.807) is 22.6 Å². The third kappa shape index (κ3) is 4.28. The molecule has 0 bridgehead atoms. The number of hydrogen-bond donors (Lipinski definition) is 0. The van der Waals surface area contributed by atoms with Crippen molar-refractivity contribution in [3.63, 3.8) is 0 Å². The largest absolute Gasteiger partial charge is 0.444 e. The molecule has 2 aromatic heterocycles. The highest BCUT2D eigenvalue weighted by Crippen LogP contribution is 2.25. The molecule has 0 aliphatic carbocycles. The first kappa shape index (κ1) is 17.7. The molecular formula is C18H24N4O2S. The fourth-order valence-corrected chi connectivity index (χ4v) is 3.51. The van der Waals surface area contributed by atoms with Gasteiger partial charge in [0.25, 0.3) is 0 Å². The van der Waals surface area contributed by atoms with Crippen LogP contribution in [0.2, 0.25) is 0 Å². The highest BCUT2D eigenvalue weighted by molar-refractivity contribution is 7.08. The van der Waals surface area contributed by atoms with Gasteiger partial charge in [-0.05, 0) is 39.1 Å². The average molecular weight is 360 g/mol. The summed E-state index contributed by atoms with van der Waals surface area (Å²) >= 11 is 1.65. The maximum absolute atomic E-state index is 12.3. The third-order valence-corrected chi connectivity index (χ3v) is 4.73. The van der Waals surface area contributed by atoms with Gasteiger partial charge < -0.3 is 14.5 Å². The molecule has 1 fully saturated rings. The number of rotatable bonds is 2. The molecule has 1 saturated heterocycles. The summed E-state index contributed by atoms with van der Waals surface area (Å²) in [5, 5.41) is 4.12. The van der Waals surface area contributed by atoms with E-state index in [9.17, 15) is 4.79 Å². The molecule has 3 rings (SSSR count). The minimum atomic E-state index is -0.473. The van der Waals surface area contributed by atoms with Crippen LogP contribution >= 0.6 is 11.3 Å². The van der Waals surface area contributed by atoms with Crippen LogP contribution in [0, 0.1) is 0 Å². The maximum atomic E-state index is 12.3. The molecule has 2 aromatic rings. The lowest BCUT2D eigenvalue weighted by Crippen LogP contribution is -2.54. The second kappa shape index (κ2) is 7.00. The molecule has 0 spiro atoms. The standard InChI is InChI=1S/C18H24N4O2S/c1-13-10-21(17(23)24-18(2,3)4)6-7-22(13)16-9-15(19-12-20-16)14-5-8-25-11-14/h5,8-9,11-13H,6-7,10H2,1-4H3/t13-/m1/s1. The van der Waals surface area contributed by atoms with Gasteiger partial charge >= 0.3 is 6.09 Å². The molecule has 1 aliphatic heterocycles. The zero-order valence-corrected chi connectivity index (χ0v) is 15.9. The van der Waals surface area contributed by atoms with Gasteiger partial charge in [0.1, 0.15) is 17.7 Å². The van der Waals surface area contributed by atoms with Gasteiger partial charge in [-0.25, -0.2) is 14.8 Å². The molecule has 134 valence electrons. The van der Waals surface area contributed by atoms with Crippen LogP contribution in [-0.2, 0) is 4.74 Å². The number of hydrogen-bond acceptors (Lipinski definition) is 6. The Labute approximate surface area is 152 Å². The Morgan fingerprint density at radius 3 is 2.76 bits per heavy atom. The van der Waals surface area contributed by atoms with Crippen LogP contribution in [0.1, 0.15) is 27.7 Å². The van der Waals surface area contributed by atoms with E-state index in [0.717, 1.165) is 23.6 Å². The van der Waals surface area contributed by atoms with E-state index in [0.29, 0.717) is 13.1 Å². The second-order valence-electron chi connectivity index (χ2n) is 7.24. The number of nitrogens with zero attached hydrogens (tertiary/aromatic N) is 4. The molecule has 0 radical (unpaired) electrons. The van der Waals surface area contributed by atoms with Crippen LogP contribution < -0.4 is 4.90 Å². The van der Waals surface area contributed by atoms with E-state index in [2.05, 4.69) is 33.2 Å². The van der Waals surface area contributed by atoms with Gasteiger partial charge in [-0.15, -0.1) is 0 Å². The van der Waals surface area contributed by atoms with Crippen LogP contribution in [0.3, 0.4) is 0 Å². The zero-order chi connectivity index (χ0) is 18.0. The molecule has 0 unspecified atom stereocenters. The Bertz CT molecular complexity index is 727. The summed E-state index contributed by atoms with van der Waals surface area (Å²) in [4.78, 5) is 25.1. The lowest BCUT2D eigenvalue weighted by atomic mass is 10.1. The number of anilines is 1. The van der Waals surface area contributed by atoms with Crippen LogP contribution in [0.4, 0.5) is 10.6 Å². The van der Waals surface area contributed by atoms with Crippen molar-refractivity contribution in [3.8, 4) is 11.3 Å². The van der Waals surface area contributed by atoms with E-state index in [1.165, 1.54) is 0 Å². The lowest BCUT2D eigenvalue weighted by molar-refractivity contribution is 0.0218. The van der Waals surface area contributed by atoms with E-state index < -0.39 is 5.60 Å². The molecule has 6 nitrogen and oxygen atoms in total. The topological polar surface area (TPSA) is 58.6 Å². The third-order valence-electron chi connectivity index (χ3n) is 4.04. The van der Waals surface area contributed by atoms with Crippen molar-refractivity contribution in [3.05, 3.63) is 29.2 Å². The van der Waals surface area contributed by atoms with Crippen molar-refractivity contribution in [2.45, 2.75) is 39.3 Å². The summed E-state index contributed by atoms with van der Waals surface area (Å²) in [5.74, 6) is 0.896. The molecule has 1 atom stereocenters. The first-order valence-corrected chi connectivity index (χ1v) is 9.37. The molecule has 3 heterocycles. The quantitative estimate of drug-likeness (QED) is 0.818. The van der Waals surface area contributed by atoms with Crippen molar-refractivity contribution in [1.29, 1.82) is 0 Å². The summed E-state index contributed by atoms with van der Waals surface area (Å²) in [7, 11) is 0. The molecule has 25 heavy (non-hydrogen) atoms. The van der Waals surface area contributed by atoms with E-state index in [-0.39, 0.29) is 12.1 Å². The highest BCUT2D eigenvalue weighted by Gasteiger charge is 2.30. The molecule has 0 saturated carbocycles. The van der Waals surface area contributed by atoms with Crippen molar-refractivity contribution < 1.29 is 9.53 Å². The predicted molar refractivity (Wildman–Crippen MR) is 100.0 cm³/mol. The number of thiophene rings is 1. The average Bonchev–Trinajstić information content (AvgIpc) is 3.08. The monoisotopic (exact) mass is 360 g/mol. The minimum absolute atomic E-state index is 0.159. The van der Waals surface area contributed by atoms with Gasteiger partial charge in [-0.3, -0.25) is 0 Å². The van der Waals surface area contributed by atoms with E-state index in [1.807, 2.05) is 32.2 Å². The molecule has 1 amide bonds. The Morgan fingerprint density at radius 2 is 2.12 bits per heavy atom. The summed E-state index contributed by atoms with van der Waals surface area (Å²) in [6.45, 7) is 9.72. The SMILES string of the molecule is C[C@@H]1CN(C(=O)OC(C)(C)C)CCN1c1cc(-c2ccsc2)ncn1. The Hall–Kier alpha value is -2.15. The van der Waals surface area contributed by atoms with Crippen molar-refractivity contribution >= 4 is 23.2 Å².